The molecule has 0 aromatic carbocycles. The first-order chi connectivity index (χ1) is 6.83. The number of unbranched alkanes of at least 4 members (excludes halogenated alkanes) is 4. The largest absolute Gasteiger partial charge is 2.00 e. The molecule has 0 aliphatic carbocycles. The van der Waals surface area contributed by atoms with Gasteiger partial charge in [-0.2, -0.15) is 12.8 Å². The first kappa shape index (κ1) is 26.2. The number of rotatable bonds is 4. The van der Waals surface area contributed by atoms with E-state index in [0.717, 1.165) is 12.8 Å². The Morgan fingerprint density at radius 3 is 1.25 bits per heavy atom. The van der Waals surface area contributed by atoms with E-state index >= 15 is 0 Å². The average Bonchev–Trinajstić information content (AvgIpc) is 2.05. The molecule has 0 heterocycles. The molecule has 0 aromatic heterocycles. The molecule has 16 heavy (non-hydrogen) atoms. The molecule has 0 fully saturated rings. The summed E-state index contributed by atoms with van der Waals surface area (Å²) in [6.07, 6.45) is 7.31. The maximum atomic E-state index is 7.87. The molecule has 2 N–H and O–H groups in total. The minimum atomic E-state index is -3.11. The maximum absolute atomic E-state index is 7.87. The Balaban J connectivity index is -0.0000000655. The third kappa shape index (κ3) is 107. The Labute approximate surface area is 125 Å². The second kappa shape index (κ2) is 21.8. The first-order valence-corrected chi connectivity index (χ1v) is 9.06. The van der Waals surface area contributed by atoms with Gasteiger partial charge in [-0.25, -0.2) is 0 Å². The molecule has 0 radical (unpaired) electrons. The molecule has 0 amide bonds. The number of hydrogen-bond donors (Lipinski definition) is 3. The molecule has 0 aliphatic rings. The molecule has 6 heteroatoms. The summed E-state index contributed by atoms with van der Waals surface area (Å²) in [5.74, 6) is 0. The van der Waals surface area contributed by atoms with Crippen LogP contribution in [0.4, 0.5) is 0 Å². The Morgan fingerprint density at radius 2 is 1.25 bits per heavy atom. The minimum absolute atomic E-state index is 0. The Bertz CT molecular complexity index is 125. The van der Waals surface area contributed by atoms with Gasteiger partial charge in [0, 0.05) is 0 Å². The topological polar surface area (TPSA) is 40.5 Å². The van der Waals surface area contributed by atoms with E-state index in [0.29, 0.717) is 0 Å². The Morgan fingerprint density at radius 1 is 1.06 bits per heavy atom. The first-order valence-electron chi connectivity index (χ1n) is 5.20. The van der Waals surface area contributed by atoms with E-state index in [4.69, 9.17) is 9.79 Å². The van der Waals surface area contributed by atoms with Gasteiger partial charge >= 0.3 is 19.5 Å². The van der Waals surface area contributed by atoms with Crippen LogP contribution in [0.1, 0.15) is 52.4 Å². The SMILES string of the molecule is OP(O)(=S)S.[CH2-]CCCC.[CH2-]CCCC.[Zn+2]. The molecule has 0 bridgehead atoms. The van der Waals surface area contributed by atoms with Crippen molar-refractivity contribution >= 4 is 29.7 Å². The van der Waals surface area contributed by atoms with Crippen molar-refractivity contribution in [1.29, 1.82) is 0 Å². The third-order valence-corrected chi connectivity index (χ3v) is 1.21. The number of hydrogen-bond acceptors (Lipinski definition) is 1. The van der Waals surface area contributed by atoms with Crippen molar-refractivity contribution < 1.29 is 29.3 Å². The van der Waals surface area contributed by atoms with Gasteiger partial charge in [-0.3, -0.25) is 0 Å². The van der Waals surface area contributed by atoms with Crippen molar-refractivity contribution in [2.24, 2.45) is 0 Å². The molecule has 0 aliphatic heterocycles. The van der Waals surface area contributed by atoms with Crippen LogP contribution in [0.5, 0.6) is 0 Å². The normalized spacial score (nSPS) is 8.94. The number of thiol groups is 1. The maximum Gasteiger partial charge on any atom is 2.00 e. The molecule has 0 rings (SSSR count). The molecule has 0 spiro atoms. The second-order valence-corrected chi connectivity index (χ2v) is 7.97. The van der Waals surface area contributed by atoms with Crippen molar-refractivity contribution in [3.05, 3.63) is 13.8 Å². The van der Waals surface area contributed by atoms with E-state index in [-0.39, 0.29) is 19.5 Å². The average molecular weight is 338 g/mol. The quantitative estimate of drug-likeness (QED) is 0.312. The fourth-order valence-electron chi connectivity index (χ4n) is 0.500. The zero-order valence-corrected chi connectivity index (χ0v) is 16.1. The minimum Gasteiger partial charge on any atom is -0.343 e. The summed E-state index contributed by atoms with van der Waals surface area (Å²) in [4.78, 5) is 15.7. The van der Waals surface area contributed by atoms with Gasteiger partial charge in [-0.1, -0.05) is 51.8 Å². The van der Waals surface area contributed by atoms with Gasteiger partial charge < -0.3 is 23.6 Å². The molecular weight excluding hydrogens is 313 g/mol. The van der Waals surface area contributed by atoms with E-state index in [9.17, 15) is 0 Å². The molecule has 0 aromatic rings. The van der Waals surface area contributed by atoms with Gasteiger partial charge in [0.05, 0.1) is 0 Å². The molecule has 0 saturated heterocycles. The van der Waals surface area contributed by atoms with Crippen LogP contribution in [0.25, 0.3) is 0 Å². The molecule has 2 nitrogen and oxygen atoms in total. The van der Waals surface area contributed by atoms with Crippen LogP contribution < -0.4 is 0 Å². The van der Waals surface area contributed by atoms with Crippen molar-refractivity contribution in [2.75, 3.05) is 0 Å². The molecular formula is C10H25O2PS2Zn. The van der Waals surface area contributed by atoms with E-state index < -0.39 is 5.69 Å². The smallest absolute Gasteiger partial charge is 0.343 e. The van der Waals surface area contributed by atoms with E-state index in [1.165, 1.54) is 25.7 Å². The summed E-state index contributed by atoms with van der Waals surface area (Å²) >= 11 is 7.07. The van der Waals surface area contributed by atoms with Crippen LogP contribution >= 0.6 is 17.9 Å². The summed E-state index contributed by atoms with van der Waals surface area (Å²) in [6.45, 7) is 11.7. The zero-order chi connectivity index (χ0) is 12.7. The van der Waals surface area contributed by atoms with Crippen molar-refractivity contribution in [3.8, 4) is 0 Å². The van der Waals surface area contributed by atoms with Gasteiger partial charge in [0.25, 0.3) is 0 Å². The van der Waals surface area contributed by atoms with Gasteiger partial charge in [-0.15, -0.1) is 0 Å². The third-order valence-electron chi connectivity index (χ3n) is 1.21. The van der Waals surface area contributed by atoms with E-state index in [1.54, 1.807) is 0 Å². The fraction of sp³-hybridized carbons (Fsp3) is 0.800. The van der Waals surface area contributed by atoms with Crippen molar-refractivity contribution in [3.63, 3.8) is 0 Å². The van der Waals surface area contributed by atoms with Gasteiger partial charge in [-0.05, 0) is 11.8 Å². The Hall–Kier alpha value is 1.54. The van der Waals surface area contributed by atoms with Crippen LogP contribution in [-0.4, -0.2) is 9.79 Å². The monoisotopic (exact) mass is 336 g/mol. The van der Waals surface area contributed by atoms with Crippen LogP contribution in [0.3, 0.4) is 0 Å². The van der Waals surface area contributed by atoms with E-state index in [1.807, 2.05) is 0 Å². The zero-order valence-electron chi connectivity index (χ0n) is 10.6. The Kier molecular flexibility index (Phi) is 35.6. The van der Waals surface area contributed by atoms with Crippen LogP contribution in [0.15, 0.2) is 0 Å². The predicted octanol–water partition coefficient (Wildman–Crippen LogP) is 4.14. The summed E-state index contributed by atoms with van der Waals surface area (Å²) in [5, 5.41) is 0. The van der Waals surface area contributed by atoms with Gasteiger partial charge in [0.2, 0.25) is 5.69 Å². The summed E-state index contributed by atoms with van der Waals surface area (Å²) in [5.41, 5.74) is -3.11. The second-order valence-electron chi connectivity index (χ2n) is 2.93. The predicted molar refractivity (Wildman–Crippen MR) is 77.5 cm³/mol. The summed E-state index contributed by atoms with van der Waals surface area (Å²) < 4.78 is 0. The molecule has 0 unspecified atom stereocenters. The van der Waals surface area contributed by atoms with E-state index in [2.05, 4.69) is 51.8 Å². The summed E-state index contributed by atoms with van der Waals surface area (Å²) in [7, 11) is 0. The standard InChI is InChI=1S/2C5H11.H3O2PS2.Zn/c2*1-3-5-4-2;1-3(2,4)5;/h2*1,3-5H2,2H3;(H3,1,2,4,5);/q2*-1;;+2. The van der Waals surface area contributed by atoms with Crippen molar-refractivity contribution in [2.45, 2.75) is 52.4 Å². The fourth-order valence-corrected chi connectivity index (χ4v) is 0.500. The molecule has 0 saturated carbocycles. The molecule has 96 valence electrons. The van der Waals surface area contributed by atoms with Crippen LogP contribution in [0.2, 0.25) is 0 Å². The summed E-state index contributed by atoms with van der Waals surface area (Å²) in [6, 6.07) is 0. The van der Waals surface area contributed by atoms with Gasteiger partial charge in [0.15, 0.2) is 0 Å². The van der Waals surface area contributed by atoms with Gasteiger partial charge in [0.1, 0.15) is 0 Å². The van der Waals surface area contributed by atoms with Crippen molar-refractivity contribution in [1.82, 2.24) is 0 Å². The van der Waals surface area contributed by atoms with Crippen LogP contribution in [0, 0.1) is 13.8 Å². The van der Waals surface area contributed by atoms with Crippen LogP contribution in [-0.2, 0) is 31.3 Å². The molecule has 0 atom stereocenters.